The van der Waals surface area contributed by atoms with Crippen molar-refractivity contribution in [3.63, 3.8) is 0 Å². The molecule has 0 aliphatic heterocycles. The minimum atomic E-state index is -3.63. The average molecular weight is 479 g/mol. The molecule has 0 saturated heterocycles. The first kappa shape index (κ1) is 23.9. The molecule has 5 atom stereocenters. The number of thiophene rings is 1. The molecule has 0 radical (unpaired) electrons. The van der Waals surface area contributed by atoms with E-state index >= 15 is 8.78 Å². The van der Waals surface area contributed by atoms with Crippen molar-refractivity contribution in [3.8, 4) is 10.4 Å². The number of aliphatic hydroxyl groups is 4. The van der Waals surface area contributed by atoms with E-state index in [2.05, 4.69) is 0 Å². The minimum Gasteiger partial charge on any atom is -0.396 e. The van der Waals surface area contributed by atoms with E-state index < -0.39 is 42.7 Å². The maximum Gasteiger partial charge on any atom is 0.264 e. The van der Waals surface area contributed by atoms with Crippen LogP contribution in [0.1, 0.15) is 27.5 Å². The second-order valence-electron chi connectivity index (χ2n) is 8.55. The molecule has 8 heteroatoms. The molecule has 1 heterocycles. The number of benzene rings is 2. The number of aryl methyl sites for hydroxylation is 1. The van der Waals surface area contributed by atoms with E-state index in [1.165, 1.54) is 29.5 Å². The van der Waals surface area contributed by atoms with E-state index in [4.69, 9.17) is 0 Å². The van der Waals surface area contributed by atoms with Gasteiger partial charge in [-0.25, -0.2) is 13.2 Å². The first-order valence-corrected chi connectivity index (χ1v) is 11.4. The van der Waals surface area contributed by atoms with Crippen molar-refractivity contribution >= 4 is 11.3 Å². The number of hydrogen-bond acceptors (Lipinski definition) is 5. The maximum absolute atomic E-state index is 15.2. The van der Waals surface area contributed by atoms with Crippen LogP contribution in [0.3, 0.4) is 0 Å². The first-order chi connectivity index (χ1) is 15.6. The van der Waals surface area contributed by atoms with Gasteiger partial charge in [0.1, 0.15) is 11.9 Å². The molecule has 1 aliphatic carbocycles. The number of halogens is 3. The summed E-state index contributed by atoms with van der Waals surface area (Å²) in [7, 11) is 0. The zero-order valence-corrected chi connectivity index (χ0v) is 18.6. The van der Waals surface area contributed by atoms with Gasteiger partial charge in [0.25, 0.3) is 5.92 Å². The molecule has 0 bridgehead atoms. The molecule has 1 aromatic heterocycles. The van der Waals surface area contributed by atoms with Crippen LogP contribution in [0.5, 0.6) is 0 Å². The SMILES string of the molecule is Cc1ccc([C@H]2[C@H](O)[C@@H](O)[C@H](O)[C@@H](CO)C2(F)F)cc1Cc1ccc(-c2ccc(F)cc2)s1. The van der Waals surface area contributed by atoms with Crippen LogP contribution >= 0.6 is 11.3 Å². The topological polar surface area (TPSA) is 80.9 Å². The number of rotatable bonds is 5. The van der Waals surface area contributed by atoms with Gasteiger partial charge in [0, 0.05) is 16.2 Å². The highest BCUT2D eigenvalue weighted by atomic mass is 32.1. The number of alkyl halides is 2. The predicted octanol–water partition coefficient (Wildman–Crippen LogP) is 3.88. The van der Waals surface area contributed by atoms with Crippen molar-refractivity contribution in [1.29, 1.82) is 0 Å². The Morgan fingerprint density at radius 3 is 2.27 bits per heavy atom. The van der Waals surface area contributed by atoms with Crippen molar-refractivity contribution in [2.75, 3.05) is 6.61 Å². The monoisotopic (exact) mass is 478 g/mol. The molecular formula is C25H25F3O4S. The molecule has 4 N–H and O–H groups in total. The van der Waals surface area contributed by atoms with Gasteiger partial charge in [-0.2, -0.15) is 0 Å². The second kappa shape index (κ2) is 9.19. The largest absolute Gasteiger partial charge is 0.396 e. The molecule has 0 amide bonds. The molecule has 1 aliphatic rings. The Hall–Kier alpha value is -2.23. The quantitative estimate of drug-likeness (QED) is 0.449. The van der Waals surface area contributed by atoms with Crippen molar-refractivity contribution in [2.45, 2.75) is 43.5 Å². The molecule has 0 spiro atoms. The van der Waals surface area contributed by atoms with Crippen molar-refractivity contribution in [1.82, 2.24) is 0 Å². The third-order valence-electron chi connectivity index (χ3n) is 6.45. The van der Waals surface area contributed by atoms with Gasteiger partial charge in [-0.15, -0.1) is 11.3 Å². The van der Waals surface area contributed by atoms with Crippen molar-refractivity contribution in [3.05, 3.63) is 82.0 Å². The van der Waals surface area contributed by atoms with Gasteiger partial charge in [0.15, 0.2) is 0 Å². The van der Waals surface area contributed by atoms with Crippen LogP contribution in [0.4, 0.5) is 13.2 Å². The van der Waals surface area contributed by atoms with Crippen LogP contribution in [-0.4, -0.2) is 51.3 Å². The van der Waals surface area contributed by atoms with Gasteiger partial charge >= 0.3 is 0 Å². The Bertz CT molecular complexity index is 1120. The fourth-order valence-electron chi connectivity index (χ4n) is 4.48. The van der Waals surface area contributed by atoms with Gasteiger partial charge in [0.2, 0.25) is 0 Å². The summed E-state index contributed by atoms with van der Waals surface area (Å²) in [6, 6.07) is 14.8. The Kier molecular flexibility index (Phi) is 6.66. The Balaban J connectivity index is 1.64. The molecule has 1 saturated carbocycles. The maximum atomic E-state index is 15.2. The van der Waals surface area contributed by atoms with E-state index in [1.54, 1.807) is 24.3 Å². The number of aliphatic hydroxyl groups excluding tert-OH is 4. The van der Waals surface area contributed by atoms with Crippen LogP contribution in [-0.2, 0) is 6.42 Å². The van der Waals surface area contributed by atoms with Crippen LogP contribution in [0, 0.1) is 18.7 Å². The first-order valence-electron chi connectivity index (χ1n) is 10.6. The number of hydrogen-bond donors (Lipinski definition) is 4. The molecule has 4 nitrogen and oxygen atoms in total. The molecule has 2 aromatic carbocycles. The summed E-state index contributed by atoms with van der Waals surface area (Å²) in [5.41, 5.74) is 2.67. The van der Waals surface area contributed by atoms with Gasteiger partial charge in [-0.1, -0.05) is 30.3 Å². The fraction of sp³-hybridized carbons (Fsp3) is 0.360. The highest BCUT2D eigenvalue weighted by Gasteiger charge is 2.60. The summed E-state index contributed by atoms with van der Waals surface area (Å²) < 4.78 is 43.5. The fourth-order valence-corrected chi connectivity index (χ4v) is 5.51. The lowest BCUT2D eigenvalue weighted by molar-refractivity contribution is -0.232. The zero-order chi connectivity index (χ0) is 23.9. The Morgan fingerprint density at radius 1 is 0.909 bits per heavy atom. The third-order valence-corrected chi connectivity index (χ3v) is 7.58. The van der Waals surface area contributed by atoms with Gasteiger partial charge in [-0.3, -0.25) is 0 Å². The standard InChI is InChI=1S/C25H25F3O4S/c1-13-2-3-15(21-23(31)24(32)22(30)19(12-29)25(21,27)28)10-16(13)11-18-8-9-20(33-18)14-4-6-17(26)7-5-14/h2-10,19,21-24,29-32H,11-12H2,1H3/t19-,21+,22-,23+,24+/m1/s1. The van der Waals surface area contributed by atoms with Crippen LogP contribution in [0.25, 0.3) is 10.4 Å². The lowest BCUT2D eigenvalue weighted by atomic mass is 9.70. The van der Waals surface area contributed by atoms with E-state index in [1.807, 2.05) is 19.1 Å². The molecule has 176 valence electrons. The van der Waals surface area contributed by atoms with Crippen LogP contribution < -0.4 is 0 Å². The lowest BCUT2D eigenvalue weighted by Gasteiger charge is -2.45. The summed E-state index contributed by atoms with van der Waals surface area (Å²) in [5.74, 6) is -7.60. The predicted molar refractivity (Wildman–Crippen MR) is 120 cm³/mol. The second-order valence-corrected chi connectivity index (χ2v) is 9.72. The van der Waals surface area contributed by atoms with Crippen molar-refractivity contribution in [2.24, 2.45) is 5.92 Å². The highest BCUT2D eigenvalue weighted by molar-refractivity contribution is 7.15. The molecular weight excluding hydrogens is 453 g/mol. The van der Waals surface area contributed by atoms with Crippen molar-refractivity contribution < 1.29 is 33.6 Å². The molecule has 4 rings (SSSR count). The lowest BCUT2D eigenvalue weighted by Crippen LogP contribution is -2.61. The highest BCUT2D eigenvalue weighted by Crippen LogP contribution is 2.48. The third kappa shape index (κ3) is 4.46. The smallest absolute Gasteiger partial charge is 0.264 e. The van der Waals surface area contributed by atoms with Crippen LogP contribution in [0.2, 0.25) is 0 Å². The van der Waals surface area contributed by atoms with Gasteiger partial charge in [-0.05, 0) is 53.4 Å². The molecule has 33 heavy (non-hydrogen) atoms. The summed E-state index contributed by atoms with van der Waals surface area (Å²) in [6.45, 7) is 0.840. The summed E-state index contributed by atoms with van der Waals surface area (Å²) in [4.78, 5) is 1.94. The molecule has 3 aromatic rings. The van der Waals surface area contributed by atoms with E-state index in [0.29, 0.717) is 6.42 Å². The van der Waals surface area contributed by atoms with Crippen LogP contribution in [0.15, 0.2) is 54.6 Å². The summed E-state index contributed by atoms with van der Waals surface area (Å²) in [6.07, 6.45) is -5.15. The minimum absolute atomic E-state index is 0.132. The summed E-state index contributed by atoms with van der Waals surface area (Å²) >= 11 is 1.52. The van der Waals surface area contributed by atoms with E-state index in [-0.39, 0.29) is 11.4 Å². The Labute approximate surface area is 193 Å². The zero-order valence-electron chi connectivity index (χ0n) is 17.8. The van der Waals surface area contributed by atoms with E-state index in [9.17, 15) is 24.8 Å². The van der Waals surface area contributed by atoms with Gasteiger partial charge < -0.3 is 20.4 Å². The summed E-state index contributed by atoms with van der Waals surface area (Å²) in [5, 5.41) is 39.9. The van der Waals surface area contributed by atoms with Gasteiger partial charge in [0.05, 0.1) is 30.7 Å². The normalized spacial score (nSPS) is 27.0. The Morgan fingerprint density at radius 2 is 1.61 bits per heavy atom. The molecule has 1 fully saturated rings. The molecule has 0 unspecified atom stereocenters. The van der Waals surface area contributed by atoms with E-state index in [0.717, 1.165) is 26.4 Å². The average Bonchev–Trinajstić information content (AvgIpc) is 3.23.